The quantitative estimate of drug-likeness (QED) is 0.746. The van der Waals surface area contributed by atoms with Crippen LogP contribution in [0.25, 0.3) is 0 Å². The fourth-order valence-electron chi connectivity index (χ4n) is 2.74. The highest BCUT2D eigenvalue weighted by molar-refractivity contribution is 7.98. The summed E-state index contributed by atoms with van der Waals surface area (Å²) >= 11 is 3.79. The van der Waals surface area contributed by atoms with E-state index in [1.165, 1.54) is 41.1 Å². The molecule has 3 rings (SSSR count). The molecular weight excluding hydrogens is 282 g/mol. The van der Waals surface area contributed by atoms with Gasteiger partial charge in [0.25, 0.3) is 0 Å². The molecule has 0 saturated heterocycles. The van der Waals surface area contributed by atoms with Gasteiger partial charge < -0.3 is 5.32 Å². The molecule has 0 bridgehead atoms. The second-order valence-corrected chi connectivity index (χ2v) is 7.45. The highest BCUT2D eigenvalue weighted by atomic mass is 32.2. The van der Waals surface area contributed by atoms with Crippen molar-refractivity contribution in [3.05, 3.63) is 45.6 Å². The van der Waals surface area contributed by atoms with Crippen LogP contribution in [0.3, 0.4) is 0 Å². The fourth-order valence-corrected chi connectivity index (χ4v) is 4.40. The summed E-state index contributed by atoms with van der Waals surface area (Å²) in [5, 5.41) is 3.62. The zero-order valence-electron chi connectivity index (χ0n) is 12.1. The fraction of sp³-hybridized carbons (Fsp3) is 0.412. The Kier molecular flexibility index (Phi) is 4.37. The van der Waals surface area contributed by atoms with Gasteiger partial charge in [-0.15, -0.1) is 23.1 Å². The minimum absolute atomic E-state index is 0.394. The van der Waals surface area contributed by atoms with Gasteiger partial charge in [-0.1, -0.05) is 0 Å². The molecule has 1 aliphatic rings. The number of fused-ring (bicyclic) bond motifs is 1. The first kappa shape index (κ1) is 14.0. The van der Waals surface area contributed by atoms with Crippen molar-refractivity contribution in [1.82, 2.24) is 0 Å². The van der Waals surface area contributed by atoms with Gasteiger partial charge in [0.05, 0.1) is 6.04 Å². The lowest BCUT2D eigenvalue weighted by atomic mass is 9.99. The molecule has 1 N–H and O–H groups in total. The molecule has 1 nitrogen and oxygen atoms in total. The smallest absolute Gasteiger partial charge is 0.0578 e. The molecule has 0 spiro atoms. The maximum absolute atomic E-state index is 3.62. The topological polar surface area (TPSA) is 12.0 Å². The molecule has 2 aromatic rings. The lowest BCUT2D eigenvalue weighted by molar-refractivity contribution is 0.696. The second kappa shape index (κ2) is 6.23. The third-order valence-corrected chi connectivity index (χ3v) is 6.08. The van der Waals surface area contributed by atoms with E-state index in [0.717, 1.165) is 0 Å². The standard InChI is InChI=1S/C17H21NS2/c1-12(18-14-7-9-15(19-2)10-8-14)17-11-13-5-3-4-6-16(13)20-17/h7-12,18H,3-6H2,1-2H3. The Balaban J connectivity index is 1.71. The maximum Gasteiger partial charge on any atom is 0.0578 e. The van der Waals surface area contributed by atoms with Gasteiger partial charge in [-0.25, -0.2) is 0 Å². The van der Waals surface area contributed by atoms with Crippen molar-refractivity contribution in [3.8, 4) is 0 Å². The first-order chi connectivity index (χ1) is 9.76. The molecule has 1 unspecified atom stereocenters. The first-order valence-corrected chi connectivity index (χ1v) is 9.32. The lowest BCUT2D eigenvalue weighted by Gasteiger charge is -2.14. The van der Waals surface area contributed by atoms with Crippen LogP contribution in [-0.4, -0.2) is 6.26 Å². The van der Waals surface area contributed by atoms with E-state index in [4.69, 9.17) is 0 Å². The average molecular weight is 303 g/mol. The van der Waals surface area contributed by atoms with Crippen molar-refractivity contribution in [3.63, 3.8) is 0 Å². The predicted octanol–water partition coefficient (Wildman–Crippen LogP) is 5.52. The molecule has 1 heterocycles. The van der Waals surface area contributed by atoms with E-state index in [9.17, 15) is 0 Å². The Hall–Kier alpha value is -0.930. The Morgan fingerprint density at radius 1 is 1.15 bits per heavy atom. The molecule has 0 aliphatic heterocycles. The van der Waals surface area contributed by atoms with Crippen molar-refractivity contribution in [2.75, 3.05) is 11.6 Å². The number of hydrogen-bond donors (Lipinski definition) is 1. The van der Waals surface area contributed by atoms with Gasteiger partial charge in [-0.05, 0) is 74.8 Å². The number of thiophene rings is 1. The summed E-state index contributed by atoms with van der Waals surface area (Å²) in [6.45, 7) is 2.26. The van der Waals surface area contributed by atoms with Gasteiger partial charge in [0.2, 0.25) is 0 Å². The minimum Gasteiger partial charge on any atom is -0.378 e. The summed E-state index contributed by atoms with van der Waals surface area (Å²) in [6.07, 6.45) is 7.41. The van der Waals surface area contributed by atoms with Gasteiger partial charge in [0.15, 0.2) is 0 Å². The van der Waals surface area contributed by atoms with Gasteiger partial charge in [-0.3, -0.25) is 0 Å². The van der Waals surface area contributed by atoms with Crippen LogP contribution >= 0.6 is 23.1 Å². The van der Waals surface area contributed by atoms with E-state index in [-0.39, 0.29) is 0 Å². The van der Waals surface area contributed by atoms with Gasteiger partial charge in [0, 0.05) is 20.3 Å². The van der Waals surface area contributed by atoms with Crippen LogP contribution in [0.1, 0.15) is 41.1 Å². The number of benzene rings is 1. The summed E-state index contributed by atoms with van der Waals surface area (Å²) in [5.41, 5.74) is 2.81. The Morgan fingerprint density at radius 3 is 2.60 bits per heavy atom. The molecule has 0 saturated carbocycles. The molecule has 3 heteroatoms. The number of rotatable bonds is 4. The molecule has 106 valence electrons. The van der Waals surface area contributed by atoms with Crippen LogP contribution in [-0.2, 0) is 12.8 Å². The molecule has 20 heavy (non-hydrogen) atoms. The highest BCUT2D eigenvalue weighted by Gasteiger charge is 2.16. The summed E-state index contributed by atoms with van der Waals surface area (Å²) in [7, 11) is 0. The normalized spacial score (nSPS) is 15.7. The molecule has 0 amide bonds. The second-order valence-electron chi connectivity index (χ2n) is 5.40. The maximum atomic E-state index is 3.62. The molecule has 0 fully saturated rings. The summed E-state index contributed by atoms with van der Waals surface area (Å²) < 4.78 is 0. The number of hydrogen-bond acceptors (Lipinski definition) is 3. The van der Waals surface area contributed by atoms with Crippen LogP contribution in [0.5, 0.6) is 0 Å². The third-order valence-electron chi connectivity index (χ3n) is 3.92. The van der Waals surface area contributed by atoms with E-state index in [0.29, 0.717) is 6.04 Å². The highest BCUT2D eigenvalue weighted by Crippen LogP contribution is 2.34. The van der Waals surface area contributed by atoms with Gasteiger partial charge in [-0.2, -0.15) is 0 Å². The predicted molar refractivity (Wildman–Crippen MR) is 91.2 cm³/mol. The van der Waals surface area contributed by atoms with Crippen molar-refractivity contribution in [2.45, 2.75) is 43.5 Å². The Bertz CT molecular complexity index is 548. The monoisotopic (exact) mass is 303 g/mol. The molecule has 0 radical (unpaired) electrons. The van der Waals surface area contributed by atoms with Crippen LogP contribution in [0.15, 0.2) is 35.2 Å². The molecule has 1 atom stereocenters. The van der Waals surface area contributed by atoms with E-state index >= 15 is 0 Å². The first-order valence-electron chi connectivity index (χ1n) is 7.28. The largest absolute Gasteiger partial charge is 0.378 e. The molecule has 1 aromatic carbocycles. The summed E-state index contributed by atoms with van der Waals surface area (Å²) in [5.74, 6) is 0. The lowest BCUT2D eigenvalue weighted by Crippen LogP contribution is -2.04. The Labute approximate surface area is 129 Å². The van der Waals surface area contributed by atoms with Gasteiger partial charge in [0.1, 0.15) is 0 Å². The van der Waals surface area contributed by atoms with E-state index in [1.807, 2.05) is 11.3 Å². The van der Waals surface area contributed by atoms with Crippen molar-refractivity contribution < 1.29 is 0 Å². The molecule has 1 aromatic heterocycles. The number of aryl methyl sites for hydroxylation is 2. The van der Waals surface area contributed by atoms with Crippen LogP contribution < -0.4 is 5.32 Å². The SMILES string of the molecule is CSc1ccc(NC(C)c2cc3c(s2)CCCC3)cc1. The minimum atomic E-state index is 0.394. The Morgan fingerprint density at radius 2 is 1.90 bits per heavy atom. The molecular formula is C17H21NS2. The average Bonchev–Trinajstić information content (AvgIpc) is 2.92. The zero-order valence-corrected chi connectivity index (χ0v) is 13.7. The summed E-state index contributed by atoms with van der Waals surface area (Å²) in [6, 6.07) is 11.5. The van der Waals surface area contributed by atoms with Crippen LogP contribution in [0, 0.1) is 0 Å². The van der Waals surface area contributed by atoms with Crippen molar-refractivity contribution in [2.24, 2.45) is 0 Å². The van der Waals surface area contributed by atoms with E-state index in [1.54, 1.807) is 22.2 Å². The third kappa shape index (κ3) is 3.04. The number of thioether (sulfide) groups is 1. The van der Waals surface area contributed by atoms with Crippen LogP contribution in [0.2, 0.25) is 0 Å². The van der Waals surface area contributed by atoms with Gasteiger partial charge >= 0.3 is 0 Å². The van der Waals surface area contributed by atoms with E-state index in [2.05, 4.69) is 48.8 Å². The van der Waals surface area contributed by atoms with Crippen LogP contribution in [0.4, 0.5) is 5.69 Å². The number of anilines is 1. The summed E-state index contributed by atoms with van der Waals surface area (Å²) in [4.78, 5) is 4.42. The van der Waals surface area contributed by atoms with Crippen molar-refractivity contribution in [1.29, 1.82) is 0 Å². The molecule has 1 aliphatic carbocycles. The van der Waals surface area contributed by atoms with E-state index < -0.39 is 0 Å². The zero-order chi connectivity index (χ0) is 13.9. The number of nitrogens with one attached hydrogen (secondary N) is 1. The van der Waals surface area contributed by atoms with Crippen molar-refractivity contribution >= 4 is 28.8 Å².